The average molecular weight is 233 g/mol. The van der Waals surface area contributed by atoms with Crippen molar-refractivity contribution in [2.45, 2.75) is 13.5 Å². The highest BCUT2D eigenvalue weighted by Crippen LogP contribution is 2.11. The summed E-state index contributed by atoms with van der Waals surface area (Å²) in [6.07, 6.45) is 3.66. The molecule has 0 aliphatic rings. The van der Waals surface area contributed by atoms with E-state index in [1.165, 1.54) is 0 Å². The van der Waals surface area contributed by atoms with E-state index in [9.17, 15) is 0 Å². The summed E-state index contributed by atoms with van der Waals surface area (Å²) in [6.45, 7) is 2.48. The highest BCUT2D eigenvalue weighted by atomic mass is 16.5. The number of aromatic nitrogens is 4. The molecule has 2 heterocycles. The monoisotopic (exact) mass is 233 g/mol. The number of anilines is 1. The average Bonchev–Trinajstić information content (AvgIpc) is 2.71. The quantitative estimate of drug-likeness (QED) is 0.857. The molecule has 0 spiro atoms. The van der Waals surface area contributed by atoms with Gasteiger partial charge in [-0.1, -0.05) is 0 Å². The van der Waals surface area contributed by atoms with Gasteiger partial charge in [0.05, 0.1) is 13.7 Å². The summed E-state index contributed by atoms with van der Waals surface area (Å²) in [4.78, 5) is 12.7. The lowest BCUT2D eigenvalue weighted by Crippen LogP contribution is -2.09. The number of nitrogens with zero attached hydrogens (tertiary/aromatic N) is 4. The second-order valence-electron chi connectivity index (χ2n) is 3.68. The normalized spacial score (nSPS) is 10.3. The molecule has 0 amide bonds. The van der Waals surface area contributed by atoms with Crippen LogP contribution < -0.4 is 10.1 Å². The number of hydrogen-bond acceptors (Lipinski definition) is 5. The van der Waals surface area contributed by atoms with Crippen molar-refractivity contribution in [3.8, 4) is 5.88 Å². The van der Waals surface area contributed by atoms with Gasteiger partial charge in [0.15, 0.2) is 0 Å². The summed E-state index contributed by atoms with van der Waals surface area (Å²) in [7, 11) is 3.53. The van der Waals surface area contributed by atoms with Gasteiger partial charge in [0.2, 0.25) is 11.8 Å². The number of ether oxygens (including phenoxy) is 1. The molecule has 1 N–H and O–H groups in total. The van der Waals surface area contributed by atoms with Crippen LogP contribution in [0.25, 0.3) is 0 Å². The first-order valence-electron chi connectivity index (χ1n) is 5.29. The van der Waals surface area contributed by atoms with Crippen LogP contribution in [0.1, 0.15) is 11.5 Å². The minimum absolute atomic E-state index is 0.546. The van der Waals surface area contributed by atoms with Gasteiger partial charge >= 0.3 is 0 Å². The Labute approximate surface area is 99.7 Å². The van der Waals surface area contributed by atoms with Crippen LogP contribution in [0.5, 0.6) is 5.88 Å². The van der Waals surface area contributed by atoms with Crippen molar-refractivity contribution in [3.63, 3.8) is 0 Å². The van der Waals surface area contributed by atoms with Gasteiger partial charge in [-0.3, -0.25) is 0 Å². The maximum absolute atomic E-state index is 5.08. The maximum atomic E-state index is 5.08. The van der Waals surface area contributed by atoms with Crippen molar-refractivity contribution in [2.24, 2.45) is 7.05 Å². The van der Waals surface area contributed by atoms with E-state index in [0.29, 0.717) is 18.4 Å². The first kappa shape index (κ1) is 11.4. The van der Waals surface area contributed by atoms with Crippen LogP contribution in [0.15, 0.2) is 18.5 Å². The zero-order valence-electron chi connectivity index (χ0n) is 10.1. The summed E-state index contributed by atoms with van der Waals surface area (Å²) in [5.41, 5.74) is 0.860. The van der Waals surface area contributed by atoms with Crippen LogP contribution in [-0.4, -0.2) is 26.6 Å². The molecule has 17 heavy (non-hydrogen) atoms. The minimum atomic E-state index is 0.546. The lowest BCUT2D eigenvalue weighted by molar-refractivity contribution is 0.397. The molecule has 0 saturated heterocycles. The van der Waals surface area contributed by atoms with Gasteiger partial charge in [-0.2, -0.15) is 4.98 Å². The van der Waals surface area contributed by atoms with E-state index in [-0.39, 0.29) is 0 Å². The number of hydrogen-bond donors (Lipinski definition) is 1. The zero-order chi connectivity index (χ0) is 12.3. The van der Waals surface area contributed by atoms with Gasteiger partial charge in [-0.25, -0.2) is 9.97 Å². The van der Waals surface area contributed by atoms with Crippen LogP contribution in [0.4, 0.5) is 5.95 Å². The number of methoxy groups -OCH3 is 1. The second kappa shape index (κ2) is 4.82. The molecule has 2 aromatic rings. The molecule has 0 aliphatic carbocycles. The van der Waals surface area contributed by atoms with Crippen LogP contribution >= 0.6 is 0 Å². The van der Waals surface area contributed by atoms with Crippen LogP contribution in [0.2, 0.25) is 0 Å². The molecule has 0 radical (unpaired) electrons. The van der Waals surface area contributed by atoms with E-state index in [1.807, 2.05) is 24.7 Å². The minimum Gasteiger partial charge on any atom is -0.481 e. The fourth-order valence-electron chi connectivity index (χ4n) is 1.45. The topological polar surface area (TPSA) is 64.9 Å². The highest BCUT2D eigenvalue weighted by Gasteiger charge is 2.03. The van der Waals surface area contributed by atoms with Crippen molar-refractivity contribution in [2.75, 3.05) is 12.4 Å². The molecule has 2 rings (SSSR count). The molecular formula is C11H15N5O. The molecule has 0 fully saturated rings. The third-order valence-corrected chi connectivity index (χ3v) is 2.37. The standard InChI is InChI=1S/C11H15N5O/c1-8-6-10(17-3)15-11(14-8)13-7-9-12-4-5-16(9)2/h4-6H,7H2,1-3H3,(H,13,14,15). The maximum Gasteiger partial charge on any atom is 0.226 e. The van der Waals surface area contributed by atoms with Gasteiger partial charge in [0, 0.05) is 31.2 Å². The molecule has 6 nitrogen and oxygen atoms in total. The molecular weight excluding hydrogens is 218 g/mol. The third-order valence-electron chi connectivity index (χ3n) is 2.37. The number of nitrogens with one attached hydrogen (secondary N) is 1. The van der Waals surface area contributed by atoms with Crippen LogP contribution in [-0.2, 0) is 13.6 Å². The summed E-state index contributed by atoms with van der Waals surface area (Å²) < 4.78 is 7.03. The summed E-state index contributed by atoms with van der Waals surface area (Å²) in [6, 6.07) is 1.78. The largest absolute Gasteiger partial charge is 0.481 e. The van der Waals surface area contributed by atoms with Gasteiger partial charge in [-0.05, 0) is 6.92 Å². The fraction of sp³-hybridized carbons (Fsp3) is 0.364. The lowest BCUT2D eigenvalue weighted by Gasteiger charge is -2.07. The first-order chi connectivity index (χ1) is 8.19. The van der Waals surface area contributed by atoms with Gasteiger partial charge in [-0.15, -0.1) is 0 Å². The second-order valence-corrected chi connectivity index (χ2v) is 3.68. The highest BCUT2D eigenvalue weighted by molar-refractivity contribution is 5.30. The Kier molecular flexibility index (Phi) is 3.22. The summed E-state index contributed by atoms with van der Waals surface area (Å²) >= 11 is 0. The van der Waals surface area contributed by atoms with Crippen molar-refractivity contribution in [3.05, 3.63) is 30.0 Å². The Bertz CT molecular complexity index is 508. The van der Waals surface area contributed by atoms with Crippen LogP contribution in [0, 0.1) is 6.92 Å². The molecule has 0 bridgehead atoms. The molecule has 0 aromatic carbocycles. The van der Waals surface area contributed by atoms with Crippen molar-refractivity contribution >= 4 is 5.95 Å². The van der Waals surface area contributed by atoms with Gasteiger partial charge < -0.3 is 14.6 Å². The van der Waals surface area contributed by atoms with Crippen LogP contribution in [0.3, 0.4) is 0 Å². The van der Waals surface area contributed by atoms with Crippen molar-refractivity contribution in [1.29, 1.82) is 0 Å². The Morgan fingerprint density at radius 1 is 1.41 bits per heavy atom. The Hall–Kier alpha value is -2.11. The molecule has 0 unspecified atom stereocenters. The van der Waals surface area contributed by atoms with E-state index in [1.54, 1.807) is 19.4 Å². The summed E-state index contributed by atoms with van der Waals surface area (Å²) in [5, 5.41) is 3.12. The number of aryl methyl sites for hydroxylation is 2. The van der Waals surface area contributed by atoms with E-state index in [0.717, 1.165) is 11.5 Å². The number of imidazole rings is 1. The molecule has 6 heteroatoms. The fourth-order valence-corrected chi connectivity index (χ4v) is 1.45. The summed E-state index contributed by atoms with van der Waals surface area (Å²) in [5.74, 6) is 2.03. The molecule has 90 valence electrons. The van der Waals surface area contributed by atoms with Crippen molar-refractivity contribution < 1.29 is 4.74 Å². The van der Waals surface area contributed by atoms with E-state index in [2.05, 4.69) is 20.3 Å². The van der Waals surface area contributed by atoms with Crippen molar-refractivity contribution in [1.82, 2.24) is 19.5 Å². The Balaban J connectivity index is 2.09. The molecule has 2 aromatic heterocycles. The number of rotatable bonds is 4. The van der Waals surface area contributed by atoms with Gasteiger partial charge in [0.1, 0.15) is 5.82 Å². The first-order valence-corrected chi connectivity index (χ1v) is 5.29. The van der Waals surface area contributed by atoms with Gasteiger partial charge in [0.25, 0.3) is 0 Å². The SMILES string of the molecule is COc1cc(C)nc(NCc2nccn2C)n1. The van der Waals surface area contributed by atoms with E-state index in [4.69, 9.17) is 4.74 Å². The molecule has 0 saturated carbocycles. The lowest BCUT2D eigenvalue weighted by atomic mass is 10.4. The van der Waals surface area contributed by atoms with E-state index < -0.39 is 0 Å². The molecule has 0 atom stereocenters. The third kappa shape index (κ3) is 2.72. The predicted molar refractivity (Wildman–Crippen MR) is 63.9 cm³/mol. The zero-order valence-corrected chi connectivity index (χ0v) is 10.1. The predicted octanol–water partition coefficient (Wildman–Crippen LogP) is 1.14. The Morgan fingerprint density at radius 3 is 2.88 bits per heavy atom. The van der Waals surface area contributed by atoms with E-state index >= 15 is 0 Å². The molecule has 0 aliphatic heterocycles. The smallest absolute Gasteiger partial charge is 0.226 e. The Morgan fingerprint density at radius 2 is 2.24 bits per heavy atom.